The molecule has 0 bridgehead atoms. The van der Waals surface area contributed by atoms with Gasteiger partial charge in [0.2, 0.25) is 0 Å². The van der Waals surface area contributed by atoms with Gasteiger partial charge in [0.05, 0.1) is 22.8 Å². The van der Waals surface area contributed by atoms with E-state index in [0.29, 0.717) is 0 Å². The zero-order chi connectivity index (χ0) is 13.9. The third-order valence-electron chi connectivity index (χ3n) is 2.52. The average molecular weight is 273 g/mol. The van der Waals surface area contributed by atoms with E-state index in [1.165, 1.54) is 13.2 Å². The maximum absolute atomic E-state index is 13.3. The molecule has 102 valence electrons. The second-order valence-corrected chi connectivity index (χ2v) is 7.11. The van der Waals surface area contributed by atoms with Crippen LogP contribution in [-0.2, 0) is 11.0 Å². The number of rotatable bonds is 4. The van der Waals surface area contributed by atoms with Gasteiger partial charge in [0.1, 0.15) is 0 Å². The molecule has 0 saturated heterocycles. The van der Waals surface area contributed by atoms with E-state index in [9.17, 15) is 8.60 Å². The third kappa shape index (κ3) is 3.78. The van der Waals surface area contributed by atoms with Crippen molar-refractivity contribution in [3.8, 4) is 5.75 Å². The van der Waals surface area contributed by atoms with Crippen molar-refractivity contribution < 1.29 is 13.3 Å². The van der Waals surface area contributed by atoms with Gasteiger partial charge in [-0.3, -0.25) is 0 Å². The molecule has 2 atom stereocenters. The standard InChI is InChI=1S/C13H20FNO2S/c1-9(15-18(16)13(2,3)4)10-6-7-11(14)12(8-10)17-5/h6-9,15H,1-5H3/t9-,18-/m0/s1. The van der Waals surface area contributed by atoms with Crippen molar-refractivity contribution in [3.05, 3.63) is 29.6 Å². The van der Waals surface area contributed by atoms with Gasteiger partial charge in [-0.05, 0) is 45.4 Å². The molecule has 0 amide bonds. The summed E-state index contributed by atoms with van der Waals surface area (Å²) in [4.78, 5) is 0. The fourth-order valence-electron chi connectivity index (χ4n) is 1.35. The van der Waals surface area contributed by atoms with E-state index in [-0.39, 0.29) is 16.5 Å². The van der Waals surface area contributed by atoms with Gasteiger partial charge in [-0.2, -0.15) is 0 Å². The minimum atomic E-state index is -1.17. The second-order valence-electron chi connectivity index (χ2n) is 5.11. The van der Waals surface area contributed by atoms with Crippen LogP contribution in [0.1, 0.15) is 39.3 Å². The lowest BCUT2D eigenvalue weighted by Crippen LogP contribution is -2.34. The number of hydrogen-bond donors (Lipinski definition) is 1. The van der Waals surface area contributed by atoms with Crippen LogP contribution in [0.5, 0.6) is 5.75 Å². The predicted octanol–water partition coefficient (Wildman–Crippen LogP) is 2.95. The molecule has 0 spiro atoms. The van der Waals surface area contributed by atoms with Gasteiger partial charge in [-0.15, -0.1) is 0 Å². The van der Waals surface area contributed by atoms with Crippen LogP contribution in [0.4, 0.5) is 4.39 Å². The van der Waals surface area contributed by atoms with Crippen molar-refractivity contribution in [3.63, 3.8) is 0 Å². The van der Waals surface area contributed by atoms with Crippen LogP contribution in [-0.4, -0.2) is 16.1 Å². The number of ether oxygens (including phenoxy) is 1. The van der Waals surface area contributed by atoms with Crippen LogP contribution in [0.25, 0.3) is 0 Å². The number of halogens is 1. The van der Waals surface area contributed by atoms with Crippen molar-refractivity contribution in [2.75, 3.05) is 7.11 Å². The van der Waals surface area contributed by atoms with E-state index in [0.717, 1.165) is 5.56 Å². The minimum Gasteiger partial charge on any atom is -0.494 e. The highest BCUT2D eigenvalue weighted by molar-refractivity contribution is 7.84. The molecule has 0 aliphatic carbocycles. The van der Waals surface area contributed by atoms with Gasteiger partial charge in [0, 0.05) is 6.04 Å². The first-order valence-corrected chi connectivity index (χ1v) is 6.92. The zero-order valence-electron chi connectivity index (χ0n) is 11.4. The monoisotopic (exact) mass is 273 g/mol. The van der Waals surface area contributed by atoms with Gasteiger partial charge in [-0.25, -0.2) is 13.3 Å². The van der Waals surface area contributed by atoms with Crippen molar-refractivity contribution in [2.45, 2.75) is 38.5 Å². The molecule has 5 heteroatoms. The maximum Gasteiger partial charge on any atom is 0.165 e. The van der Waals surface area contributed by atoms with Crippen LogP contribution < -0.4 is 9.46 Å². The highest BCUT2D eigenvalue weighted by Gasteiger charge is 2.22. The van der Waals surface area contributed by atoms with Crippen LogP contribution >= 0.6 is 0 Å². The quantitative estimate of drug-likeness (QED) is 0.916. The summed E-state index contributed by atoms with van der Waals surface area (Å²) in [5.41, 5.74) is 0.839. The van der Waals surface area contributed by atoms with Crippen LogP contribution in [0.3, 0.4) is 0 Å². The molecule has 1 aromatic rings. The molecular weight excluding hydrogens is 253 g/mol. The summed E-state index contributed by atoms with van der Waals surface area (Å²) >= 11 is 0. The Morgan fingerprint density at radius 1 is 1.39 bits per heavy atom. The van der Waals surface area contributed by atoms with Crippen molar-refractivity contribution in [2.24, 2.45) is 0 Å². The summed E-state index contributed by atoms with van der Waals surface area (Å²) in [6.45, 7) is 7.58. The predicted molar refractivity (Wildman–Crippen MR) is 72.4 cm³/mol. The Labute approximate surface area is 110 Å². The smallest absolute Gasteiger partial charge is 0.165 e. The Balaban J connectivity index is 2.85. The lowest BCUT2D eigenvalue weighted by molar-refractivity contribution is 0.385. The average Bonchev–Trinajstić information content (AvgIpc) is 2.28. The summed E-state index contributed by atoms with van der Waals surface area (Å²) in [7, 11) is 0.258. The van der Waals surface area contributed by atoms with Crippen LogP contribution in [0.2, 0.25) is 0 Å². The van der Waals surface area contributed by atoms with E-state index < -0.39 is 16.8 Å². The van der Waals surface area contributed by atoms with Gasteiger partial charge in [-0.1, -0.05) is 6.07 Å². The van der Waals surface area contributed by atoms with Crippen molar-refractivity contribution >= 4 is 11.0 Å². The molecule has 0 aromatic heterocycles. The summed E-state index contributed by atoms with van der Waals surface area (Å²) < 4.78 is 32.8. The van der Waals surface area contributed by atoms with Gasteiger partial charge in [0.25, 0.3) is 0 Å². The second kappa shape index (κ2) is 5.80. The molecule has 0 heterocycles. The SMILES string of the molecule is COc1cc([C@H](C)N[S@@](=O)C(C)(C)C)ccc1F. The van der Waals surface area contributed by atoms with Crippen LogP contribution in [0, 0.1) is 5.82 Å². The molecule has 0 radical (unpaired) electrons. The minimum absolute atomic E-state index is 0.139. The van der Waals surface area contributed by atoms with E-state index in [4.69, 9.17) is 4.74 Å². The molecule has 0 aliphatic rings. The van der Waals surface area contributed by atoms with Crippen LogP contribution in [0.15, 0.2) is 18.2 Å². The Morgan fingerprint density at radius 3 is 2.50 bits per heavy atom. The molecule has 0 aliphatic heterocycles. The molecule has 3 nitrogen and oxygen atoms in total. The summed E-state index contributed by atoms with van der Waals surface area (Å²) in [6.07, 6.45) is 0. The molecule has 18 heavy (non-hydrogen) atoms. The number of nitrogens with one attached hydrogen (secondary N) is 1. The Morgan fingerprint density at radius 2 is 2.00 bits per heavy atom. The Bertz CT molecular complexity index is 443. The lowest BCUT2D eigenvalue weighted by Gasteiger charge is -2.22. The number of benzene rings is 1. The normalized spacial score (nSPS) is 15.2. The molecule has 0 unspecified atom stereocenters. The summed E-state index contributed by atoms with van der Waals surface area (Å²) in [6, 6.07) is 4.49. The Hall–Kier alpha value is -0.940. The van der Waals surface area contributed by atoms with E-state index in [1.807, 2.05) is 27.7 Å². The van der Waals surface area contributed by atoms with E-state index in [2.05, 4.69) is 4.72 Å². The largest absolute Gasteiger partial charge is 0.494 e. The molecule has 0 fully saturated rings. The first-order valence-electron chi connectivity index (χ1n) is 5.77. The Kier molecular flexibility index (Phi) is 4.87. The molecule has 1 N–H and O–H groups in total. The highest BCUT2D eigenvalue weighted by atomic mass is 32.2. The van der Waals surface area contributed by atoms with E-state index >= 15 is 0 Å². The van der Waals surface area contributed by atoms with Crippen molar-refractivity contribution in [1.29, 1.82) is 0 Å². The fourth-order valence-corrected chi connectivity index (χ4v) is 2.16. The first-order chi connectivity index (χ1) is 8.25. The third-order valence-corrected chi connectivity index (χ3v) is 4.20. The summed E-state index contributed by atoms with van der Waals surface area (Å²) in [5, 5.41) is 0. The first kappa shape index (κ1) is 15.1. The molecule has 1 aromatic carbocycles. The van der Waals surface area contributed by atoms with Gasteiger partial charge >= 0.3 is 0 Å². The topological polar surface area (TPSA) is 38.3 Å². The molecule has 1 rings (SSSR count). The maximum atomic E-state index is 13.3. The fraction of sp³-hybridized carbons (Fsp3) is 0.538. The lowest BCUT2D eigenvalue weighted by atomic mass is 10.1. The van der Waals surface area contributed by atoms with Crippen molar-refractivity contribution in [1.82, 2.24) is 4.72 Å². The zero-order valence-corrected chi connectivity index (χ0v) is 12.2. The van der Waals surface area contributed by atoms with E-state index in [1.54, 1.807) is 12.1 Å². The van der Waals surface area contributed by atoms with Gasteiger partial charge in [0.15, 0.2) is 11.6 Å². The number of hydrogen-bond acceptors (Lipinski definition) is 2. The van der Waals surface area contributed by atoms with Gasteiger partial charge < -0.3 is 4.74 Å². The molecular formula is C13H20FNO2S. The number of methoxy groups -OCH3 is 1. The summed E-state index contributed by atoms with van der Waals surface area (Å²) in [5.74, 6) is -0.201. The highest BCUT2D eigenvalue weighted by Crippen LogP contribution is 2.23. The molecule has 0 saturated carbocycles.